The van der Waals surface area contributed by atoms with Crippen molar-refractivity contribution >= 4 is 38.7 Å². The van der Waals surface area contributed by atoms with Crippen molar-refractivity contribution in [3.8, 4) is 11.4 Å². The summed E-state index contributed by atoms with van der Waals surface area (Å²) >= 11 is 3.45. The molecule has 25 heavy (non-hydrogen) atoms. The number of benzene rings is 1. The SMILES string of the molecule is Cc1cc2c(C(N)=O)c(N)n(-c3c(C)c(O)cc(Br)c3C)c2nc1C. The summed E-state index contributed by atoms with van der Waals surface area (Å²) in [5.74, 6) is -0.275. The van der Waals surface area contributed by atoms with Gasteiger partial charge in [-0.2, -0.15) is 0 Å². The minimum Gasteiger partial charge on any atom is -0.508 e. The van der Waals surface area contributed by atoms with Gasteiger partial charge in [0.25, 0.3) is 5.91 Å². The minimum atomic E-state index is -0.610. The predicted octanol–water partition coefficient (Wildman–Crippen LogP) is 3.41. The van der Waals surface area contributed by atoms with Crippen molar-refractivity contribution in [3.05, 3.63) is 44.6 Å². The molecule has 5 N–H and O–H groups in total. The van der Waals surface area contributed by atoms with Crippen LogP contribution in [0.3, 0.4) is 0 Å². The molecule has 2 heterocycles. The second kappa shape index (κ2) is 5.77. The van der Waals surface area contributed by atoms with Crippen molar-refractivity contribution in [3.63, 3.8) is 0 Å². The number of aromatic hydroxyl groups is 1. The van der Waals surface area contributed by atoms with Crippen LogP contribution in [0.2, 0.25) is 0 Å². The number of aryl methyl sites for hydroxylation is 2. The van der Waals surface area contributed by atoms with E-state index in [2.05, 4.69) is 20.9 Å². The van der Waals surface area contributed by atoms with Crippen LogP contribution in [-0.4, -0.2) is 20.6 Å². The normalized spacial score (nSPS) is 11.2. The molecule has 0 aliphatic carbocycles. The molecule has 130 valence electrons. The number of amides is 1. The van der Waals surface area contributed by atoms with E-state index in [0.717, 1.165) is 21.3 Å². The van der Waals surface area contributed by atoms with Crippen LogP contribution in [0.5, 0.6) is 5.75 Å². The number of carbonyl (C=O) groups is 1. The summed E-state index contributed by atoms with van der Waals surface area (Å²) in [5, 5.41) is 10.9. The number of nitrogens with two attached hydrogens (primary N) is 2. The number of hydrogen-bond donors (Lipinski definition) is 3. The van der Waals surface area contributed by atoms with Crippen molar-refractivity contribution in [2.24, 2.45) is 5.73 Å². The van der Waals surface area contributed by atoms with Gasteiger partial charge in [0.1, 0.15) is 17.2 Å². The Hall–Kier alpha value is -2.54. The number of carbonyl (C=O) groups excluding carboxylic acids is 1. The van der Waals surface area contributed by atoms with E-state index in [4.69, 9.17) is 11.5 Å². The molecule has 7 heteroatoms. The van der Waals surface area contributed by atoms with E-state index < -0.39 is 5.91 Å². The molecule has 0 bridgehead atoms. The van der Waals surface area contributed by atoms with E-state index in [-0.39, 0.29) is 17.1 Å². The molecule has 0 unspecified atom stereocenters. The number of pyridine rings is 1. The second-order valence-electron chi connectivity index (χ2n) is 6.20. The van der Waals surface area contributed by atoms with Crippen LogP contribution < -0.4 is 11.5 Å². The lowest BCUT2D eigenvalue weighted by Gasteiger charge is -2.17. The predicted molar refractivity (Wildman–Crippen MR) is 102 cm³/mol. The molecule has 1 amide bonds. The maximum atomic E-state index is 12.0. The zero-order valence-electron chi connectivity index (χ0n) is 14.4. The maximum Gasteiger partial charge on any atom is 0.253 e. The average Bonchev–Trinajstić information content (AvgIpc) is 2.78. The highest BCUT2D eigenvalue weighted by molar-refractivity contribution is 9.10. The van der Waals surface area contributed by atoms with E-state index in [0.29, 0.717) is 22.3 Å². The molecule has 2 aromatic heterocycles. The molecule has 0 saturated carbocycles. The summed E-state index contributed by atoms with van der Waals surface area (Å²) in [6.07, 6.45) is 0. The Labute approximate surface area is 153 Å². The maximum absolute atomic E-state index is 12.0. The van der Waals surface area contributed by atoms with Gasteiger partial charge in [-0.1, -0.05) is 15.9 Å². The Morgan fingerprint density at radius 3 is 2.44 bits per heavy atom. The summed E-state index contributed by atoms with van der Waals surface area (Å²) in [6.45, 7) is 7.51. The standard InChI is InChI=1S/C18H19BrN4O2/c1-7-5-11-14(17(21)25)16(20)23(18(11)22-10(7)4)15-8(2)12(19)6-13(24)9(15)3/h5-6,24H,20H2,1-4H3,(H2,21,25). The molecule has 0 fully saturated rings. The summed E-state index contributed by atoms with van der Waals surface area (Å²) in [7, 11) is 0. The third kappa shape index (κ3) is 2.46. The Bertz CT molecular complexity index is 1030. The highest BCUT2D eigenvalue weighted by Crippen LogP contribution is 2.38. The van der Waals surface area contributed by atoms with Crippen LogP contribution in [0.4, 0.5) is 5.82 Å². The van der Waals surface area contributed by atoms with Gasteiger partial charge in [-0.15, -0.1) is 0 Å². The van der Waals surface area contributed by atoms with Gasteiger partial charge in [0, 0.05) is 21.1 Å². The number of halogens is 1. The molecular formula is C18H19BrN4O2. The topological polar surface area (TPSA) is 107 Å². The molecule has 0 spiro atoms. The number of rotatable bonds is 2. The van der Waals surface area contributed by atoms with E-state index in [9.17, 15) is 9.90 Å². The lowest BCUT2D eigenvalue weighted by atomic mass is 10.1. The number of nitrogen functional groups attached to an aromatic ring is 1. The van der Waals surface area contributed by atoms with Gasteiger partial charge in [0.2, 0.25) is 0 Å². The van der Waals surface area contributed by atoms with Crippen LogP contribution in [0.15, 0.2) is 16.6 Å². The lowest BCUT2D eigenvalue weighted by Crippen LogP contribution is -2.14. The fourth-order valence-electron chi connectivity index (χ4n) is 3.08. The highest BCUT2D eigenvalue weighted by Gasteiger charge is 2.25. The van der Waals surface area contributed by atoms with Gasteiger partial charge in [0.15, 0.2) is 0 Å². The van der Waals surface area contributed by atoms with Crippen LogP contribution in [0, 0.1) is 27.7 Å². The van der Waals surface area contributed by atoms with Gasteiger partial charge in [0.05, 0.1) is 11.3 Å². The number of aromatic nitrogens is 2. The Morgan fingerprint density at radius 1 is 1.20 bits per heavy atom. The van der Waals surface area contributed by atoms with E-state index in [1.54, 1.807) is 17.6 Å². The van der Waals surface area contributed by atoms with E-state index in [1.165, 1.54) is 0 Å². The molecular weight excluding hydrogens is 384 g/mol. The van der Waals surface area contributed by atoms with Gasteiger partial charge in [-0.05, 0) is 51.0 Å². The Morgan fingerprint density at radius 2 is 1.84 bits per heavy atom. The molecule has 1 aromatic carbocycles. The third-order valence-electron chi connectivity index (χ3n) is 4.61. The number of phenols is 1. The van der Waals surface area contributed by atoms with Crippen LogP contribution in [0.1, 0.15) is 32.7 Å². The Kier molecular flexibility index (Phi) is 3.99. The average molecular weight is 403 g/mol. The number of primary amides is 1. The number of fused-ring (bicyclic) bond motifs is 1. The molecule has 0 radical (unpaired) electrons. The monoisotopic (exact) mass is 402 g/mol. The first-order valence-corrected chi connectivity index (χ1v) is 8.51. The smallest absolute Gasteiger partial charge is 0.253 e. The molecule has 0 saturated heterocycles. The molecule has 3 rings (SSSR count). The first-order valence-electron chi connectivity index (χ1n) is 7.72. The van der Waals surface area contributed by atoms with Crippen LogP contribution in [0.25, 0.3) is 16.7 Å². The van der Waals surface area contributed by atoms with Crippen LogP contribution >= 0.6 is 15.9 Å². The first kappa shape index (κ1) is 17.3. The van der Waals surface area contributed by atoms with Crippen molar-refractivity contribution in [2.45, 2.75) is 27.7 Å². The van der Waals surface area contributed by atoms with Crippen molar-refractivity contribution < 1.29 is 9.90 Å². The fraction of sp³-hybridized carbons (Fsp3) is 0.222. The largest absolute Gasteiger partial charge is 0.508 e. The first-order chi connectivity index (χ1) is 11.6. The lowest BCUT2D eigenvalue weighted by molar-refractivity contribution is 0.100. The summed E-state index contributed by atoms with van der Waals surface area (Å²) in [6, 6.07) is 3.50. The van der Waals surface area contributed by atoms with E-state index >= 15 is 0 Å². The molecule has 0 aliphatic heterocycles. The highest BCUT2D eigenvalue weighted by atomic mass is 79.9. The van der Waals surface area contributed by atoms with Crippen LogP contribution in [-0.2, 0) is 0 Å². The van der Waals surface area contributed by atoms with Crippen molar-refractivity contribution in [1.29, 1.82) is 0 Å². The number of phenolic OH excluding ortho intramolecular Hbond substituents is 1. The number of anilines is 1. The second-order valence-corrected chi connectivity index (χ2v) is 7.05. The van der Waals surface area contributed by atoms with Crippen molar-refractivity contribution in [1.82, 2.24) is 9.55 Å². The van der Waals surface area contributed by atoms with E-state index in [1.807, 2.05) is 26.8 Å². The molecule has 0 aliphatic rings. The minimum absolute atomic E-state index is 0.123. The number of hydrogen-bond acceptors (Lipinski definition) is 4. The van der Waals surface area contributed by atoms with Gasteiger partial charge in [-0.25, -0.2) is 4.98 Å². The fourth-order valence-corrected chi connectivity index (χ4v) is 3.49. The summed E-state index contributed by atoms with van der Waals surface area (Å²) in [5.41, 5.74) is 16.6. The molecule has 3 aromatic rings. The Balaban J connectivity index is 2.57. The quantitative estimate of drug-likeness (QED) is 0.610. The van der Waals surface area contributed by atoms with Gasteiger partial charge >= 0.3 is 0 Å². The zero-order chi connectivity index (χ0) is 18.6. The third-order valence-corrected chi connectivity index (χ3v) is 5.43. The number of nitrogens with zero attached hydrogens (tertiary/aromatic N) is 2. The van der Waals surface area contributed by atoms with Gasteiger partial charge < -0.3 is 16.6 Å². The van der Waals surface area contributed by atoms with Gasteiger partial charge in [-0.3, -0.25) is 9.36 Å². The molecule has 0 atom stereocenters. The summed E-state index contributed by atoms with van der Waals surface area (Å²) < 4.78 is 2.42. The molecule has 6 nitrogen and oxygen atoms in total. The summed E-state index contributed by atoms with van der Waals surface area (Å²) in [4.78, 5) is 16.7. The zero-order valence-corrected chi connectivity index (χ0v) is 16.0. The van der Waals surface area contributed by atoms with Crippen molar-refractivity contribution in [2.75, 3.05) is 5.73 Å².